The molecule has 2 aromatic rings. The molecule has 1 aliphatic rings. The quantitative estimate of drug-likeness (QED) is 0.724. The van der Waals surface area contributed by atoms with Crippen molar-refractivity contribution in [2.45, 2.75) is 38.9 Å². The lowest BCUT2D eigenvalue weighted by Gasteiger charge is -2.24. The van der Waals surface area contributed by atoms with Gasteiger partial charge in [0.25, 0.3) is 0 Å². The van der Waals surface area contributed by atoms with E-state index < -0.39 is 0 Å². The van der Waals surface area contributed by atoms with Crippen molar-refractivity contribution in [3.05, 3.63) is 39.3 Å². The summed E-state index contributed by atoms with van der Waals surface area (Å²) in [5, 5.41) is 1.07. The second kappa shape index (κ2) is 4.14. The van der Waals surface area contributed by atoms with Crippen LogP contribution < -0.4 is 0 Å². The van der Waals surface area contributed by atoms with Gasteiger partial charge in [-0.15, -0.1) is 11.3 Å². The Morgan fingerprint density at radius 2 is 1.89 bits per heavy atom. The van der Waals surface area contributed by atoms with E-state index >= 15 is 0 Å². The van der Waals surface area contributed by atoms with Gasteiger partial charge in [-0.05, 0) is 39.8 Å². The Hall–Kier alpha value is -0.710. The van der Waals surface area contributed by atoms with Gasteiger partial charge in [-0.3, -0.25) is 0 Å². The van der Waals surface area contributed by atoms with Crippen LogP contribution in [-0.4, -0.2) is 4.98 Å². The molecule has 2 heterocycles. The zero-order valence-electron chi connectivity index (χ0n) is 11.5. The largest absolute Gasteiger partial charge is 0.358 e. The van der Waals surface area contributed by atoms with E-state index in [4.69, 9.17) is 9.72 Å². The first-order valence-electron chi connectivity index (χ1n) is 6.27. The number of rotatable bonds is 1. The summed E-state index contributed by atoms with van der Waals surface area (Å²) in [6.45, 7) is 8.41. The van der Waals surface area contributed by atoms with Gasteiger partial charge in [0, 0.05) is 10.0 Å². The summed E-state index contributed by atoms with van der Waals surface area (Å²) >= 11 is 5.25. The minimum Gasteiger partial charge on any atom is -0.358 e. The third-order valence-corrected chi connectivity index (χ3v) is 5.23. The van der Waals surface area contributed by atoms with Crippen molar-refractivity contribution < 1.29 is 4.74 Å². The molecule has 3 rings (SSSR count). The Balaban J connectivity index is 2.14. The lowest BCUT2D eigenvalue weighted by molar-refractivity contribution is -0.105. The molecule has 0 fully saturated rings. The summed E-state index contributed by atoms with van der Waals surface area (Å²) in [6.07, 6.45) is 0. The van der Waals surface area contributed by atoms with E-state index in [-0.39, 0.29) is 11.2 Å². The monoisotopic (exact) mass is 337 g/mol. The van der Waals surface area contributed by atoms with Crippen LogP contribution in [0, 0.1) is 0 Å². The Labute approximate surface area is 126 Å². The molecule has 0 spiro atoms. The smallest absolute Gasteiger partial charge is 0.124 e. The second-order valence-corrected chi connectivity index (χ2v) is 7.74. The van der Waals surface area contributed by atoms with E-state index in [1.165, 1.54) is 4.88 Å². The maximum Gasteiger partial charge on any atom is 0.124 e. The molecule has 100 valence electrons. The molecule has 0 bridgehead atoms. The highest BCUT2D eigenvalue weighted by Crippen LogP contribution is 2.50. The van der Waals surface area contributed by atoms with Gasteiger partial charge in [0.15, 0.2) is 0 Å². The lowest BCUT2D eigenvalue weighted by atomic mass is 10.0. The minimum atomic E-state index is -0.306. The molecule has 0 unspecified atom stereocenters. The van der Waals surface area contributed by atoms with Gasteiger partial charge in [-0.25, -0.2) is 4.98 Å². The van der Waals surface area contributed by atoms with E-state index in [1.807, 2.05) is 12.1 Å². The molecule has 0 atom stereocenters. The van der Waals surface area contributed by atoms with E-state index in [2.05, 4.69) is 55.8 Å². The van der Waals surface area contributed by atoms with Crippen LogP contribution >= 0.6 is 27.3 Å². The average Bonchev–Trinajstić information content (AvgIpc) is 2.79. The van der Waals surface area contributed by atoms with Crippen LogP contribution in [0.15, 0.2) is 28.7 Å². The molecule has 0 N–H and O–H groups in total. The second-order valence-electron chi connectivity index (χ2n) is 5.83. The van der Waals surface area contributed by atoms with Gasteiger partial charge >= 0.3 is 0 Å². The van der Waals surface area contributed by atoms with Crippen molar-refractivity contribution in [1.82, 2.24) is 4.98 Å². The predicted molar refractivity (Wildman–Crippen MR) is 82.4 cm³/mol. The van der Waals surface area contributed by atoms with Crippen molar-refractivity contribution in [3.63, 3.8) is 0 Å². The normalized spacial score (nSPS) is 19.4. The number of benzene rings is 1. The van der Waals surface area contributed by atoms with Crippen molar-refractivity contribution in [2.24, 2.45) is 0 Å². The third-order valence-electron chi connectivity index (χ3n) is 3.33. The summed E-state index contributed by atoms with van der Waals surface area (Å²) in [4.78, 5) is 6.07. The highest BCUT2D eigenvalue weighted by molar-refractivity contribution is 9.10. The molecule has 1 aliphatic heterocycles. The zero-order chi connectivity index (χ0) is 13.8. The average molecular weight is 338 g/mol. The summed E-state index contributed by atoms with van der Waals surface area (Å²) in [6, 6.07) is 8.27. The van der Waals surface area contributed by atoms with Gasteiger partial charge in [0.05, 0.1) is 16.2 Å². The van der Waals surface area contributed by atoms with Crippen molar-refractivity contribution >= 4 is 27.3 Å². The fraction of sp³-hybridized carbons (Fsp3) is 0.400. The zero-order valence-corrected chi connectivity index (χ0v) is 13.9. The molecule has 1 aromatic heterocycles. The number of thiazole rings is 1. The number of aromatic nitrogens is 1. The van der Waals surface area contributed by atoms with E-state index in [0.717, 1.165) is 20.7 Å². The summed E-state index contributed by atoms with van der Waals surface area (Å²) in [7, 11) is 0. The number of fused-ring (bicyclic) bond motifs is 1. The van der Waals surface area contributed by atoms with Crippen LogP contribution in [-0.2, 0) is 15.9 Å². The number of halogens is 1. The van der Waals surface area contributed by atoms with Crippen molar-refractivity contribution in [3.8, 4) is 10.6 Å². The highest BCUT2D eigenvalue weighted by atomic mass is 79.9. The summed E-state index contributed by atoms with van der Waals surface area (Å²) in [5.41, 5.74) is 1.68. The molecule has 0 radical (unpaired) electrons. The van der Waals surface area contributed by atoms with E-state index in [0.29, 0.717) is 0 Å². The van der Waals surface area contributed by atoms with Crippen LogP contribution in [0.1, 0.15) is 38.3 Å². The SMILES string of the molecule is CC1(C)OC(C)(C)c2sc(-c3cccc(Br)c3)nc21. The molecule has 2 nitrogen and oxygen atoms in total. The molecule has 0 amide bonds. The first-order valence-corrected chi connectivity index (χ1v) is 7.88. The molecular weight excluding hydrogens is 322 g/mol. The van der Waals surface area contributed by atoms with Crippen LogP contribution in [0.5, 0.6) is 0 Å². The Bertz CT molecular complexity index is 614. The summed E-state index contributed by atoms with van der Waals surface area (Å²) in [5.74, 6) is 0. The van der Waals surface area contributed by atoms with Crippen LogP contribution in [0.2, 0.25) is 0 Å². The lowest BCUT2D eigenvalue weighted by Crippen LogP contribution is -2.23. The molecular formula is C15H16BrNOS. The minimum absolute atomic E-state index is 0.249. The van der Waals surface area contributed by atoms with E-state index in [1.54, 1.807) is 11.3 Å². The first-order chi connectivity index (χ1) is 8.79. The molecule has 19 heavy (non-hydrogen) atoms. The van der Waals surface area contributed by atoms with Crippen molar-refractivity contribution in [1.29, 1.82) is 0 Å². The van der Waals surface area contributed by atoms with Gasteiger partial charge in [-0.2, -0.15) is 0 Å². The number of hydrogen-bond acceptors (Lipinski definition) is 3. The molecule has 0 aliphatic carbocycles. The fourth-order valence-corrected chi connectivity index (χ4v) is 4.26. The number of ether oxygens (including phenoxy) is 1. The first kappa shape index (κ1) is 13.3. The Kier molecular flexibility index (Phi) is 2.89. The predicted octanol–water partition coefficient (Wildman–Crippen LogP) is 5.07. The number of nitrogens with zero attached hydrogens (tertiary/aromatic N) is 1. The van der Waals surface area contributed by atoms with Gasteiger partial charge < -0.3 is 4.74 Å². The molecule has 1 aromatic carbocycles. The molecule has 0 saturated carbocycles. The van der Waals surface area contributed by atoms with Crippen LogP contribution in [0.4, 0.5) is 0 Å². The topological polar surface area (TPSA) is 22.1 Å². The Morgan fingerprint density at radius 1 is 1.16 bits per heavy atom. The van der Waals surface area contributed by atoms with Gasteiger partial charge in [0.2, 0.25) is 0 Å². The van der Waals surface area contributed by atoms with Crippen LogP contribution in [0.25, 0.3) is 10.6 Å². The maximum atomic E-state index is 6.10. The summed E-state index contributed by atoms with van der Waals surface area (Å²) < 4.78 is 7.18. The molecule has 4 heteroatoms. The van der Waals surface area contributed by atoms with Crippen molar-refractivity contribution in [2.75, 3.05) is 0 Å². The number of hydrogen-bond donors (Lipinski definition) is 0. The van der Waals surface area contributed by atoms with E-state index in [9.17, 15) is 0 Å². The standard InChI is InChI=1S/C15H16BrNOS/c1-14(2)11-12(15(3,4)18-14)19-13(17-11)9-6-5-7-10(16)8-9/h5-8H,1-4H3. The molecule has 0 saturated heterocycles. The highest BCUT2D eigenvalue weighted by Gasteiger charge is 2.46. The fourth-order valence-electron chi connectivity index (χ4n) is 2.61. The maximum absolute atomic E-state index is 6.10. The van der Waals surface area contributed by atoms with Crippen LogP contribution in [0.3, 0.4) is 0 Å². The Morgan fingerprint density at radius 3 is 2.53 bits per heavy atom. The van der Waals surface area contributed by atoms with Gasteiger partial charge in [-0.1, -0.05) is 28.1 Å². The third kappa shape index (κ3) is 2.16. The van der Waals surface area contributed by atoms with Gasteiger partial charge in [0.1, 0.15) is 10.6 Å².